The maximum Gasteiger partial charge on any atom is 0.250 e. The Morgan fingerprint density at radius 1 is 1.22 bits per heavy atom. The van der Waals surface area contributed by atoms with E-state index < -0.39 is 10.0 Å². The van der Waals surface area contributed by atoms with E-state index in [-0.39, 0.29) is 17.7 Å². The van der Waals surface area contributed by atoms with Gasteiger partial charge in [-0.2, -0.15) is 0 Å². The van der Waals surface area contributed by atoms with Crippen molar-refractivity contribution in [1.29, 1.82) is 0 Å². The predicted molar refractivity (Wildman–Crippen MR) is 112 cm³/mol. The van der Waals surface area contributed by atoms with Crippen LogP contribution in [0.5, 0.6) is 0 Å². The van der Waals surface area contributed by atoms with E-state index in [1.807, 2.05) is 25.1 Å². The standard InChI is InChI=1S/C19H23BrN2O3S2/c1-13-11-16(8-9-17(13)20)22-19(23)15-6-4-14(5-7-15)12-21-27(24,25)18-3-2-10-26-18/h2-3,8-11,14-15,21H,4-7,12H2,1H3,(H,22,23). The van der Waals surface area contributed by atoms with E-state index in [1.165, 1.54) is 11.3 Å². The molecular formula is C19H23BrN2O3S2. The summed E-state index contributed by atoms with van der Waals surface area (Å²) in [4.78, 5) is 12.5. The lowest BCUT2D eigenvalue weighted by molar-refractivity contribution is -0.121. The highest BCUT2D eigenvalue weighted by Crippen LogP contribution is 2.30. The molecule has 1 fully saturated rings. The second-order valence-corrected chi connectivity index (χ2v) is 10.8. The fourth-order valence-corrected chi connectivity index (χ4v) is 5.71. The summed E-state index contributed by atoms with van der Waals surface area (Å²) in [5, 5.41) is 4.75. The van der Waals surface area contributed by atoms with Crippen LogP contribution < -0.4 is 10.0 Å². The number of anilines is 1. The maximum absolute atomic E-state index is 12.5. The van der Waals surface area contributed by atoms with Gasteiger partial charge in [-0.15, -0.1) is 11.3 Å². The predicted octanol–water partition coefficient (Wildman–Crippen LogP) is 4.54. The number of carbonyl (C=O) groups excluding carboxylic acids is 1. The zero-order chi connectivity index (χ0) is 19.4. The summed E-state index contributed by atoms with van der Waals surface area (Å²) in [5.41, 5.74) is 1.89. The number of sulfonamides is 1. The molecule has 1 aromatic carbocycles. The van der Waals surface area contributed by atoms with Crippen molar-refractivity contribution in [3.05, 3.63) is 45.7 Å². The van der Waals surface area contributed by atoms with Crippen molar-refractivity contribution in [1.82, 2.24) is 4.72 Å². The molecule has 0 atom stereocenters. The Labute approximate surface area is 172 Å². The fourth-order valence-electron chi connectivity index (χ4n) is 3.31. The molecule has 5 nitrogen and oxygen atoms in total. The highest BCUT2D eigenvalue weighted by atomic mass is 79.9. The third-order valence-electron chi connectivity index (χ3n) is 4.96. The molecule has 0 spiro atoms. The van der Waals surface area contributed by atoms with E-state index in [9.17, 15) is 13.2 Å². The quantitative estimate of drug-likeness (QED) is 0.650. The Morgan fingerprint density at radius 3 is 2.59 bits per heavy atom. The van der Waals surface area contributed by atoms with E-state index in [4.69, 9.17) is 0 Å². The Bertz CT molecular complexity index is 890. The van der Waals surface area contributed by atoms with E-state index in [0.29, 0.717) is 10.8 Å². The van der Waals surface area contributed by atoms with Gasteiger partial charge in [0.05, 0.1) is 0 Å². The largest absolute Gasteiger partial charge is 0.326 e. The lowest BCUT2D eigenvalue weighted by Gasteiger charge is -2.27. The topological polar surface area (TPSA) is 75.3 Å². The van der Waals surface area contributed by atoms with E-state index in [0.717, 1.165) is 41.4 Å². The average Bonchev–Trinajstić information content (AvgIpc) is 3.19. The molecule has 1 heterocycles. The maximum atomic E-state index is 12.5. The minimum atomic E-state index is -3.41. The zero-order valence-electron chi connectivity index (χ0n) is 15.1. The average molecular weight is 471 g/mol. The van der Waals surface area contributed by atoms with Crippen molar-refractivity contribution >= 4 is 48.9 Å². The number of hydrogen-bond donors (Lipinski definition) is 2. The van der Waals surface area contributed by atoms with Crippen molar-refractivity contribution in [2.45, 2.75) is 36.8 Å². The van der Waals surface area contributed by atoms with Crippen LogP contribution in [0, 0.1) is 18.8 Å². The SMILES string of the molecule is Cc1cc(NC(=O)C2CCC(CNS(=O)(=O)c3cccs3)CC2)ccc1Br. The Balaban J connectivity index is 1.47. The minimum absolute atomic E-state index is 0.0147. The molecule has 2 N–H and O–H groups in total. The molecule has 27 heavy (non-hydrogen) atoms. The second kappa shape index (κ2) is 8.86. The van der Waals surface area contributed by atoms with Gasteiger partial charge in [-0.1, -0.05) is 22.0 Å². The molecule has 0 radical (unpaired) electrons. The van der Waals surface area contributed by atoms with Crippen LogP contribution in [0.2, 0.25) is 0 Å². The summed E-state index contributed by atoms with van der Waals surface area (Å²) in [6.45, 7) is 2.42. The van der Waals surface area contributed by atoms with E-state index in [1.54, 1.807) is 17.5 Å². The molecule has 2 aromatic rings. The number of benzene rings is 1. The molecule has 0 aliphatic heterocycles. The molecule has 1 saturated carbocycles. The zero-order valence-corrected chi connectivity index (χ0v) is 18.3. The molecule has 0 unspecified atom stereocenters. The summed E-state index contributed by atoms with van der Waals surface area (Å²) < 4.78 is 28.5. The van der Waals surface area contributed by atoms with Crippen LogP contribution in [0.1, 0.15) is 31.2 Å². The van der Waals surface area contributed by atoms with Crippen molar-refractivity contribution in [2.24, 2.45) is 11.8 Å². The Morgan fingerprint density at radius 2 is 1.96 bits per heavy atom. The molecular weight excluding hydrogens is 448 g/mol. The first-order valence-corrected chi connectivity index (χ1v) is 12.1. The smallest absolute Gasteiger partial charge is 0.250 e. The van der Waals surface area contributed by atoms with Crippen molar-refractivity contribution in [2.75, 3.05) is 11.9 Å². The monoisotopic (exact) mass is 470 g/mol. The van der Waals surface area contributed by atoms with Gasteiger partial charge < -0.3 is 5.32 Å². The van der Waals surface area contributed by atoms with Gasteiger partial charge >= 0.3 is 0 Å². The number of carbonyl (C=O) groups is 1. The molecule has 0 bridgehead atoms. The molecule has 1 aromatic heterocycles. The van der Waals surface area contributed by atoms with Gasteiger partial charge in [-0.3, -0.25) is 4.79 Å². The number of halogens is 1. The number of rotatable bonds is 6. The van der Waals surface area contributed by atoms with E-state index >= 15 is 0 Å². The Kier molecular flexibility index (Phi) is 6.73. The number of nitrogens with one attached hydrogen (secondary N) is 2. The summed E-state index contributed by atoms with van der Waals surface area (Å²) >= 11 is 4.68. The third kappa shape index (κ3) is 5.40. The normalized spacial score (nSPS) is 20.4. The first-order chi connectivity index (χ1) is 12.8. The number of hydrogen-bond acceptors (Lipinski definition) is 4. The molecule has 8 heteroatoms. The highest BCUT2D eigenvalue weighted by molar-refractivity contribution is 9.10. The molecule has 1 aliphatic carbocycles. The van der Waals surface area contributed by atoms with Gasteiger partial charge in [0.1, 0.15) is 4.21 Å². The highest BCUT2D eigenvalue weighted by Gasteiger charge is 2.27. The van der Waals surface area contributed by atoms with Crippen molar-refractivity contribution in [3.8, 4) is 0 Å². The van der Waals surface area contributed by atoms with Crippen LogP contribution in [-0.2, 0) is 14.8 Å². The number of amides is 1. The van der Waals surface area contributed by atoms with Gasteiger partial charge in [0.15, 0.2) is 0 Å². The summed E-state index contributed by atoms with van der Waals surface area (Å²) in [7, 11) is -3.41. The van der Waals surface area contributed by atoms with Crippen LogP contribution >= 0.6 is 27.3 Å². The lowest BCUT2D eigenvalue weighted by Crippen LogP contribution is -2.33. The summed E-state index contributed by atoms with van der Waals surface area (Å²) in [6, 6.07) is 9.11. The van der Waals surface area contributed by atoms with Crippen LogP contribution in [0.25, 0.3) is 0 Å². The minimum Gasteiger partial charge on any atom is -0.326 e. The molecule has 1 amide bonds. The molecule has 1 aliphatic rings. The van der Waals surface area contributed by atoms with Crippen molar-refractivity contribution in [3.63, 3.8) is 0 Å². The molecule has 0 saturated heterocycles. The van der Waals surface area contributed by atoms with Crippen LogP contribution in [0.15, 0.2) is 44.4 Å². The van der Waals surface area contributed by atoms with Gasteiger partial charge in [0.2, 0.25) is 15.9 Å². The number of aryl methyl sites for hydroxylation is 1. The molecule has 146 valence electrons. The van der Waals surface area contributed by atoms with E-state index in [2.05, 4.69) is 26.0 Å². The third-order valence-corrected chi connectivity index (χ3v) is 8.68. The van der Waals surface area contributed by atoms with Crippen LogP contribution in [0.4, 0.5) is 5.69 Å². The van der Waals surface area contributed by atoms with Crippen molar-refractivity contribution < 1.29 is 13.2 Å². The van der Waals surface area contributed by atoms with Crippen LogP contribution in [0.3, 0.4) is 0 Å². The lowest BCUT2D eigenvalue weighted by atomic mass is 9.81. The van der Waals surface area contributed by atoms with Crippen LogP contribution in [-0.4, -0.2) is 20.9 Å². The van der Waals surface area contributed by atoms with Gasteiger partial charge in [0.25, 0.3) is 0 Å². The van der Waals surface area contributed by atoms with Gasteiger partial charge in [-0.25, -0.2) is 13.1 Å². The summed E-state index contributed by atoms with van der Waals surface area (Å²) in [5.74, 6) is 0.312. The first-order valence-electron chi connectivity index (χ1n) is 8.95. The molecule has 3 rings (SSSR count). The Hall–Kier alpha value is -1.22. The second-order valence-electron chi connectivity index (χ2n) is 6.95. The summed E-state index contributed by atoms with van der Waals surface area (Å²) in [6.07, 6.45) is 3.27. The van der Waals surface area contributed by atoms with Gasteiger partial charge in [-0.05, 0) is 73.7 Å². The fraction of sp³-hybridized carbons (Fsp3) is 0.421. The first kappa shape index (κ1) is 20.5. The van der Waals surface area contributed by atoms with Gasteiger partial charge in [0, 0.05) is 22.6 Å². The number of thiophene rings is 1.